The van der Waals surface area contributed by atoms with E-state index in [1.165, 1.54) is 0 Å². The summed E-state index contributed by atoms with van der Waals surface area (Å²) in [5.41, 5.74) is 0.882. The van der Waals surface area contributed by atoms with E-state index < -0.39 is 0 Å². The van der Waals surface area contributed by atoms with E-state index in [1.807, 2.05) is 0 Å². The van der Waals surface area contributed by atoms with Crippen molar-refractivity contribution >= 4 is 5.91 Å². The molecular formula is C13H23N5O. The Bertz CT molecular complexity index is 390. The number of carbonyl (C=O) groups excluding carboxylic acids is 1. The highest BCUT2D eigenvalue weighted by Crippen LogP contribution is 2.18. The van der Waals surface area contributed by atoms with Gasteiger partial charge in [0.1, 0.15) is 0 Å². The predicted octanol–water partition coefficient (Wildman–Crippen LogP) is 0.584. The van der Waals surface area contributed by atoms with Crippen LogP contribution in [-0.2, 0) is 11.2 Å². The van der Waals surface area contributed by atoms with Crippen LogP contribution in [0.25, 0.3) is 0 Å². The molecule has 19 heavy (non-hydrogen) atoms. The fourth-order valence-electron chi connectivity index (χ4n) is 2.49. The Hall–Kier alpha value is -1.43. The maximum absolute atomic E-state index is 12.1. The van der Waals surface area contributed by atoms with E-state index in [2.05, 4.69) is 39.5 Å². The highest BCUT2D eigenvalue weighted by Gasteiger charge is 2.26. The van der Waals surface area contributed by atoms with Gasteiger partial charge in [-0.1, -0.05) is 0 Å². The Balaban J connectivity index is 1.73. The van der Waals surface area contributed by atoms with Crippen LogP contribution in [0.1, 0.15) is 32.4 Å². The van der Waals surface area contributed by atoms with Gasteiger partial charge in [-0.15, -0.1) is 0 Å². The molecule has 1 aliphatic heterocycles. The Labute approximate surface area is 113 Å². The van der Waals surface area contributed by atoms with Crippen LogP contribution in [0.4, 0.5) is 0 Å². The lowest BCUT2D eigenvalue weighted by Crippen LogP contribution is -2.45. The van der Waals surface area contributed by atoms with Crippen molar-refractivity contribution in [1.29, 1.82) is 0 Å². The minimum absolute atomic E-state index is 0.133. The van der Waals surface area contributed by atoms with Crippen LogP contribution >= 0.6 is 0 Å². The second kappa shape index (κ2) is 6.65. The Morgan fingerprint density at radius 1 is 1.63 bits per heavy atom. The van der Waals surface area contributed by atoms with Crippen LogP contribution in [0.2, 0.25) is 0 Å². The molecule has 0 unspecified atom stereocenters. The number of H-pyrrole nitrogens is 1. The zero-order valence-corrected chi connectivity index (χ0v) is 11.7. The molecule has 1 aliphatic rings. The fraction of sp³-hybridized carbons (Fsp3) is 0.769. The highest BCUT2D eigenvalue weighted by atomic mass is 16.1. The van der Waals surface area contributed by atoms with Crippen molar-refractivity contribution in [3.05, 3.63) is 11.9 Å². The van der Waals surface area contributed by atoms with Gasteiger partial charge in [-0.2, -0.15) is 15.4 Å². The van der Waals surface area contributed by atoms with Gasteiger partial charge in [0.2, 0.25) is 5.91 Å². The Kier molecular flexibility index (Phi) is 4.90. The van der Waals surface area contributed by atoms with Gasteiger partial charge < -0.3 is 10.2 Å². The number of piperidine rings is 1. The van der Waals surface area contributed by atoms with E-state index in [0.717, 1.165) is 38.0 Å². The third-order valence-electron chi connectivity index (χ3n) is 3.70. The zero-order chi connectivity index (χ0) is 13.7. The summed E-state index contributed by atoms with van der Waals surface area (Å²) in [6, 6.07) is 0.519. The largest absolute Gasteiger partial charge is 0.355 e. The number of amides is 1. The molecule has 0 radical (unpaired) electrons. The first kappa shape index (κ1) is 14.0. The van der Waals surface area contributed by atoms with E-state index >= 15 is 0 Å². The van der Waals surface area contributed by atoms with Crippen molar-refractivity contribution in [1.82, 2.24) is 25.6 Å². The number of aromatic amines is 1. The topological polar surface area (TPSA) is 73.9 Å². The summed E-state index contributed by atoms with van der Waals surface area (Å²) in [7, 11) is 0. The number of nitrogens with one attached hydrogen (secondary N) is 2. The highest BCUT2D eigenvalue weighted by molar-refractivity contribution is 5.78. The first-order valence-corrected chi connectivity index (χ1v) is 7.03. The molecule has 6 heteroatoms. The summed E-state index contributed by atoms with van der Waals surface area (Å²) in [6.07, 6.45) is 4.52. The summed E-state index contributed by atoms with van der Waals surface area (Å²) < 4.78 is 0. The van der Waals surface area contributed by atoms with Gasteiger partial charge >= 0.3 is 0 Å². The second-order valence-corrected chi connectivity index (χ2v) is 5.43. The summed E-state index contributed by atoms with van der Waals surface area (Å²) in [6.45, 7) is 6.99. The number of nitrogens with zero attached hydrogens (tertiary/aromatic N) is 3. The number of rotatable bonds is 5. The third-order valence-corrected chi connectivity index (χ3v) is 3.70. The summed E-state index contributed by atoms with van der Waals surface area (Å²) in [5, 5.41) is 13.3. The summed E-state index contributed by atoms with van der Waals surface area (Å²) >= 11 is 0. The molecule has 1 amide bonds. The molecule has 0 aliphatic carbocycles. The maximum atomic E-state index is 12.1. The molecule has 1 saturated heterocycles. The van der Waals surface area contributed by atoms with Crippen LogP contribution in [0.15, 0.2) is 6.20 Å². The summed E-state index contributed by atoms with van der Waals surface area (Å²) in [5.74, 6) is 0.308. The van der Waals surface area contributed by atoms with Gasteiger partial charge in [-0.05, 0) is 33.2 Å². The minimum Gasteiger partial charge on any atom is -0.355 e. The number of hydrogen-bond donors (Lipinski definition) is 2. The Morgan fingerprint density at radius 3 is 3.16 bits per heavy atom. The third kappa shape index (κ3) is 4.02. The molecule has 6 nitrogen and oxygen atoms in total. The van der Waals surface area contributed by atoms with Crippen molar-refractivity contribution in [2.24, 2.45) is 5.92 Å². The van der Waals surface area contributed by atoms with E-state index in [-0.39, 0.29) is 11.8 Å². The molecule has 2 N–H and O–H groups in total. The lowest BCUT2D eigenvalue weighted by molar-refractivity contribution is -0.126. The second-order valence-electron chi connectivity index (χ2n) is 5.43. The monoisotopic (exact) mass is 265 g/mol. The van der Waals surface area contributed by atoms with Gasteiger partial charge in [0.25, 0.3) is 0 Å². The molecule has 1 aromatic heterocycles. The molecule has 0 aromatic carbocycles. The normalized spacial score (nSPS) is 20.7. The average molecular weight is 265 g/mol. The number of likely N-dealkylation sites (tertiary alicyclic amines) is 1. The number of carbonyl (C=O) groups is 1. The van der Waals surface area contributed by atoms with Crippen LogP contribution in [0.3, 0.4) is 0 Å². The molecule has 106 valence electrons. The van der Waals surface area contributed by atoms with Gasteiger partial charge in [-0.3, -0.25) is 4.79 Å². The van der Waals surface area contributed by atoms with Crippen LogP contribution in [0.5, 0.6) is 0 Å². The smallest absolute Gasteiger partial charge is 0.224 e. The molecule has 0 saturated carbocycles. The maximum Gasteiger partial charge on any atom is 0.224 e. The van der Waals surface area contributed by atoms with Crippen molar-refractivity contribution in [2.45, 2.75) is 39.2 Å². The fourth-order valence-corrected chi connectivity index (χ4v) is 2.49. The van der Waals surface area contributed by atoms with E-state index in [9.17, 15) is 4.79 Å². The van der Waals surface area contributed by atoms with Crippen LogP contribution < -0.4 is 5.32 Å². The molecule has 1 fully saturated rings. The van der Waals surface area contributed by atoms with Crippen molar-refractivity contribution in [3.63, 3.8) is 0 Å². The zero-order valence-electron chi connectivity index (χ0n) is 11.7. The number of aromatic nitrogens is 3. The molecule has 1 atom stereocenters. The minimum atomic E-state index is 0.133. The standard InChI is InChI=1S/C13H23N5O/c1-10(2)18-7-3-4-11(9-18)13(19)14-6-5-12-8-15-17-16-12/h8,10-11H,3-7,9H2,1-2H3,(H,14,19)(H,15,16,17)/t11-/m0/s1. The van der Waals surface area contributed by atoms with Crippen molar-refractivity contribution in [2.75, 3.05) is 19.6 Å². The molecule has 2 rings (SSSR count). The lowest BCUT2D eigenvalue weighted by atomic mass is 9.96. The molecule has 0 spiro atoms. The van der Waals surface area contributed by atoms with Crippen LogP contribution in [-0.4, -0.2) is 51.9 Å². The molecule has 2 heterocycles. The van der Waals surface area contributed by atoms with Crippen molar-refractivity contribution < 1.29 is 4.79 Å². The van der Waals surface area contributed by atoms with E-state index in [0.29, 0.717) is 12.6 Å². The summed E-state index contributed by atoms with van der Waals surface area (Å²) in [4.78, 5) is 14.5. The SMILES string of the molecule is CC(C)N1CCC[C@H](C(=O)NCCc2cn[nH]n2)C1. The molecule has 1 aromatic rings. The lowest BCUT2D eigenvalue weighted by Gasteiger charge is -2.34. The van der Waals surface area contributed by atoms with Gasteiger partial charge in [0, 0.05) is 25.6 Å². The van der Waals surface area contributed by atoms with Gasteiger partial charge in [0.15, 0.2) is 0 Å². The quantitative estimate of drug-likeness (QED) is 0.817. The molecular weight excluding hydrogens is 242 g/mol. The van der Waals surface area contributed by atoms with Crippen molar-refractivity contribution in [3.8, 4) is 0 Å². The number of hydrogen-bond acceptors (Lipinski definition) is 4. The Morgan fingerprint density at radius 2 is 2.47 bits per heavy atom. The van der Waals surface area contributed by atoms with Gasteiger partial charge in [0.05, 0.1) is 17.8 Å². The van der Waals surface area contributed by atoms with Gasteiger partial charge in [-0.25, -0.2) is 0 Å². The van der Waals surface area contributed by atoms with E-state index in [1.54, 1.807) is 6.20 Å². The van der Waals surface area contributed by atoms with Crippen LogP contribution in [0, 0.1) is 5.92 Å². The first-order chi connectivity index (χ1) is 9.16. The predicted molar refractivity (Wildman–Crippen MR) is 72.5 cm³/mol. The first-order valence-electron chi connectivity index (χ1n) is 7.03. The average Bonchev–Trinajstić information content (AvgIpc) is 2.92. The molecule has 0 bridgehead atoms. The van der Waals surface area contributed by atoms with E-state index in [4.69, 9.17) is 0 Å².